The van der Waals surface area contributed by atoms with E-state index in [1.165, 1.54) is 13.3 Å². The molecule has 1 N–H and O–H groups in total. The molecular formula is C10H11N3O2S. The van der Waals surface area contributed by atoms with Crippen molar-refractivity contribution in [2.24, 2.45) is 0 Å². The number of hydrogen-bond acceptors (Lipinski definition) is 5. The fourth-order valence-corrected chi connectivity index (χ4v) is 1.94. The van der Waals surface area contributed by atoms with Gasteiger partial charge in [-0.1, -0.05) is 0 Å². The molecule has 0 atom stereocenters. The number of nitrogens with zero attached hydrogens (tertiary/aromatic N) is 2. The molecule has 0 fully saturated rings. The molecule has 2 aromatic rings. The highest BCUT2D eigenvalue weighted by Gasteiger charge is 2.10. The number of imidazole rings is 1. The van der Waals surface area contributed by atoms with E-state index >= 15 is 0 Å². The van der Waals surface area contributed by atoms with E-state index in [4.69, 9.17) is 0 Å². The fourth-order valence-electron chi connectivity index (χ4n) is 1.33. The largest absolute Gasteiger partial charge is 0.464 e. The molecular weight excluding hydrogens is 226 g/mol. The van der Waals surface area contributed by atoms with Crippen LogP contribution in [0.25, 0.3) is 0 Å². The van der Waals surface area contributed by atoms with E-state index in [2.05, 4.69) is 19.7 Å². The van der Waals surface area contributed by atoms with Gasteiger partial charge in [-0.3, -0.25) is 0 Å². The summed E-state index contributed by atoms with van der Waals surface area (Å²) in [6.07, 6.45) is 2.07. The molecule has 0 saturated heterocycles. The first-order valence-electron chi connectivity index (χ1n) is 4.72. The number of aryl methyl sites for hydroxylation is 1. The molecule has 0 bridgehead atoms. The maximum absolute atomic E-state index is 11.2. The quantitative estimate of drug-likeness (QED) is 0.822. The summed E-state index contributed by atoms with van der Waals surface area (Å²) in [4.78, 5) is 22.5. The van der Waals surface area contributed by atoms with E-state index in [1.54, 1.807) is 11.3 Å². The Hall–Kier alpha value is -1.69. The molecule has 0 aliphatic heterocycles. The Labute approximate surface area is 96.5 Å². The first-order valence-corrected chi connectivity index (χ1v) is 5.60. The van der Waals surface area contributed by atoms with Gasteiger partial charge in [-0.25, -0.2) is 14.8 Å². The number of H-pyrrole nitrogens is 1. The number of thiazole rings is 1. The van der Waals surface area contributed by atoms with Crippen molar-refractivity contribution in [2.45, 2.75) is 13.3 Å². The zero-order chi connectivity index (χ0) is 11.5. The average Bonchev–Trinajstić information content (AvgIpc) is 2.87. The predicted octanol–water partition coefficient (Wildman–Crippen LogP) is 1.55. The summed E-state index contributed by atoms with van der Waals surface area (Å²) < 4.78 is 4.58. The van der Waals surface area contributed by atoms with Crippen molar-refractivity contribution in [3.8, 4) is 0 Å². The van der Waals surface area contributed by atoms with Crippen LogP contribution in [0.2, 0.25) is 0 Å². The Balaban J connectivity index is 2.11. The minimum Gasteiger partial charge on any atom is -0.464 e. The van der Waals surface area contributed by atoms with Gasteiger partial charge in [-0.05, 0) is 6.92 Å². The Morgan fingerprint density at radius 1 is 1.62 bits per heavy atom. The molecule has 16 heavy (non-hydrogen) atoms. The first kappa shape index (κ1) is 10.8. The second-order valence-electron chi connectivity index (χ2n) is 3.27. The van der Waals surface area contributed by atoms with E-state index in [0.717, 1.165) is 10.7 Å². The third kappa shape index (κ3) is 2.27. The number of esters is 1. The molecule has 84 valence electrons. The number of nitrogens with one attached hydrogen (secondary N) is 1. The fraction of sp³-hybridized carbons (Fsp3) is 0.300. The van der Waals surface area contributed by atoms with Crippen LogP contribution in [0.3, 0.4) is 0 Å². The number of hydrogen-bond donors (Lipinski definition) is 1. The van der Waals surface area contributed by atoms with E-state index in [0.29, 0.717) is 17.9 Å². The molecule has 2 heterocycles. The second-order valence-corrected chi connectivity index (χ2v) is 4.33. The lowest BCUT2D eigenvalue weighted by Crippen LogP contribution is -2.01. The highest BCUT2D eigenvalue weighted by Crippen LogP contribution is 2.11. The second kappa shape index (κ2) is 4.44. The Morgan fingerprint density at radius 3 is 3.06 bits per heavy atom. The van der Waals surface area contributed by atoms with Gasteiger partial charge in [0, 0.05) is 11.8 Å². The molecule has 0 saturated carbocycles. The smallest absolute Gasteiger partial charge is 0.356 e. The van der Waals surface area contributed by atoms with Crippen molar-refractivity contribution in [1.82, 2.24) is 15.0 Å². The molecule has 2 rings (SSSR count). The standard InChI is InChI=1S/C10H11N3O2S/c1-6-12-7(5-16-6)3-9-11-4-8(13-9)10(14)15-2/h4-5H,3H2,1-2H3,(H,11,13). The highest BCUT2D eigenvalue weighted by molar-refractivity contribution is 7.09. The third-order valence-electron chi connectivity index (χ3n) is 2.05. The predicted molar refractivity (Wildman–Crippen MR) is 59.6 cm³/mol. The van der Waals surface area contributed by atoms with Crippen molar-refractivity contribution >= 4 is 17.3 Å². The number of carbonyl (C=O) groups excluding carboxylic acids is 1. The van der Waals surface area contributed by atoms with Crippen LogP contribution in [0.5, 0.6) is 0 Å². The third-order valence-corrected chi connectivity index (χ3v) is 2.87. The maximum Gasteiger partial charge on any atom is 0.356 e. The maximum atomic E-state index is 11.2. The van der Waals surface area contributed by atoms with Gasteiger partial charge in [0.2, 0.25) is 0 Å². The first-order chi connectivity index (χ1) is 7.69. The zero-order valence-electron chi connectivity index (χ0n) is 8.98. The summed E-state index contributed by atoms with van der Waals surface area (Å²) in [7, 11) is 1.34. The van der Waals surface area contributed by atoms with Gasteiger partial charge >= 0.3 is 5.97 Å². The number of aromatic nitrogens is 3. The summed E-state index contributed by atoms with van der Waals surface area (Å²) >= 11 is 1.60. The van der Waals surface area contributed by atoms with Crippen molar-refractivity contribution in [1.29, 1.82) is 0 Å². The molecule has 0 aliphatic carbocycles. The number of aromatic amines is 1. The van der Waals surface area contributed by atoms with Crippen LogP contribution in [0.15, 0.2) is 11.6 Å². The van der Waals surface area contributed by atoms with Crippen molar-refractivity contribution < 1.29 is 9.53 Å². The van der Waals surface area contributed by atoms with Gasteiger partial charge in [0.1, 0.15) is 11.5 Å². The number of methoxy groups -OCH3 is 1. The molecule has 0 unspecified atom stereocenters. The summed E-state index contributed by atoms with van der Waals surface area (Å²) in [5.41, 5.74) is 1.32. The molecule has 0 amide bonds. The van der Waals surface area contributed by atoms with Gasteiger partial charge in [0.25, 0.3) is 0 Å². The lowest BCUT2D eigenvalue weighted by Gasteiger charge is -1.93. The van der Waals surface area contributed by atoms with Gasteiger partial charge in [0.15, 0.2) is 0 Å². The van der Waals surface area contributed by atoms with Crippen LogP contribution < -0.4 is 0 Å². The molecule has 5 nitrogen and oxygen atoms in total. The monoisotopic (exact) mass is 237 g/mol. The van der Waals surface area contributed by atoms with Crippen molar-refractivity contribution in [2.75, 3.05) is 7.11 Å². The van der Waals surface area contributed by atoms with E-state index < -0.39 is 5.97 Å². The van der Waals surface area contributed by atoms with E-state index in [9.17, 15) is 4.79 Å². The minimum absolute atomic E-state index is 0.365. The topological polar surface area (TPSA) is 67.9 Å². The molecule has 0 aliphatic rings. The van der Waals surface area contributed by atoms with Crippen molar-refractivity contribution in [3.05, 3.63) is 33.8 Å². The SMILES string of the molecule is COC(=O)c1cnc(Cc2csc(C)n2)[nH]1. The van der Waals surface area contributed by atoms with Crippen LogP contribution in [0.4, 0.5) is 0 Å². The van der Waals surface area contributed by atoms with Crippen molar-refractivity contribution in [3.63, 3.8) is 0 Å². The van der Waals surface area contributed by atoms with Crippen LogP contribution >= 0.6 is 11.3 Å². The number of rotatable bonds is 3. The van der Waals surface area contributed by atoms with Gasteiger partial charge < -0.3 is 9.72 Å². The van der Waals surface area contributed by atoms with Crippen LogP contribution in [0.1, 0.15) is 27.0 Å². The zero-order valence-corrected chi connectivity index (χ0v) is 9.80. The summed E-state index contributed by atoms with van der Waals surface area (Å²) in [5.74, 6) is 0.305. The van der Waals surface area contributed by atoms with E-state index in [-0.39, 0.29) is 0 Å². The lowest BCUT2D eigenvalue weighted by molar-refractivity contribution is 0.0594. The van der Waals surface area contributed by atoms with Crippen LogP contribution in [-0.4, -0.2) is 28.0 Å². The minimum atomic E-state index is -0.409. The normalized spacial score (nSPS) is 10.4. The average molecular weight is 237 g/mol. The molecule has 2 aromatic heterocycles. The molecule has 0 aromatic carbocycles. The molecule has 6 heteroatoms. The molecule has 0 radical (unpaired) electrons. The van der Waals surface area contributed by atoms with Crippen LogP contribution in [0, 0.1) is 6.92 Å². The van der Waals surface area contributed by atoms with Gasteiger partial charge in [0.05, 0.1) is 24.0 Å². The summed E-state index contributed by atoms with van der Waals surface area (Å²) in [6, 6.07) is 0. The Morgan fingerprint density at radius 2 is 2.44 bits per heavy atom. The summed E-state index contributed by atoms with van der Waals surface area (Å²) in [6.45, 7) is 1.95. The molecule has 0 spiro atoms. The Kier molecular flexibility index (Phi) is 3.00. The lowest BCUT2D eigenvalue weighted by atomic mass is 10.3. The van der Waals surface area contributed by atoms with Gasteiger partial charge in [-0.2, -0.15) is 0 Å². The Bertz CT molecular complexity index is 504. The van der Waals surface area contributed by atoms with E-state index in [1.807, 2.05) is 12.3 Å². The summed E-state index contributed by atoms with van der Waals surface area (Å²) in [5, 5.41) is 3.00. The number of carbonyl (C=O) groups is 1. The number of ether oxygens (including phenoxy) is 1. The van der Waals surface area contributed by atoms with Crippen LogP contribution in [-0.2, 0) is 11.2 Å². The highest BCUT2D eigenvalue weighted by atomic mass is 32.1. The van der Waals surface area contributed by atoms with Gasteiger partial charge in [-0.15, -0.1) is 11.3 Å².